The molecule has 0 aromatic carbocycles. The van der Waals surface area contributed by atoms with E-state index in [-0.39, 0.29) is 5.54 Å². The maximum Gasteiger partial charge on any atom is 0.245 e. The molecule has 0 atom stereocenters. The van der Waals surface area contributed by atoms with E-state index in [0.29, 0.717) is 5.71 Å². The van der Waals surface area contributed by atoms with Crippen molar-refractivity contribution in [1.29, 1.82) is 0 Å². The third kappa shape index (κ3) is 1.02. The summed E-state index contributed by atoms with van der Waals surface area (Å²) in [4.78, 5) is 0. The van der Waals surface area contributed by atoms with Gasteiger partial charge in [0.25, 0.3) is 0 Å². The van der Waals surface area contributed by atoms with Gasteiger partial charge in [0, 0.05) is 6.20 Å². The molecule has 0 saturated carbocycles. The minimum atomic E-state index is 0.0293. The summed E-state index contributed by atoms with van der Waals surface area (Å²) in [6.45, 7) is 6.33. The highest BCUT2D eigenvalue weighted by Gasteiger charge is 2.15. The fourth-order valence-electron chi connectivity index (χ4n) is 1.09. The molecule has 3 heteroatoms. The van der Waals surface area contributed by atoms with Crippen LogP contribution in [0.1, 0.15) is 20.8 Å². The quantitative estimate of drug-likeness (QED) is 0.598. The molecular weight excluding hydrogens is 152 g/mol. The van der Waals surface area contributed by atoms with E-state index in [9.17, 15) is 0 Å². The van der Waals surface area contributed by atoms with Gasteiger partial charge in [-0.05, 0) is 26.8 Å². The van der Waals surface area contributed by atoms with E-state index in [4.69, 9.17) is 4.42 Å². The van der Waals surface area contributed by atoms with Crippen LogP contribution in [0.5, 0.6) is 0 Å². The smallest absolute Gasteiger partial charge is 0.245 e. The maximum absolute atomic E-state index is 5.16. The molecule has 0 aliphatic carbocycles. The van der Waals surface area contributed by atoms with Crippen LogP contribution in [-0.2, 0) is 5.54 Å². The second-order valence-corrected chi connectivity index (χ2v) is 3.93. The molecule has 0 saturated heterocycles. The number of aromatic nitrogens is 2. The summed E-state index contributed by atoms with van der Waals surface area (Å²) in [5.74, 6) is 0. The van der Waals surface area contributed by atoms with Gasteiger partial charge in [0.15, 0.2) is 0 Å². The highest BCUT2D eigenvalue weighted by atomic mass is 16.3. The van der Waals surface area contributed by atoms with Crippen molar-refractivity contribution in [3.8, 4) is 0 Å². The standard InChI is InChI=1S/C9H12N2O/c1-9(2,3)11-6-7-4-5-12-8(7)10-11/h4-6H,1-3H3. The summed E-state index contributed by atoms with van der Waals surface area (Å²) in [6, 6.07) is 1.92. The van der Waals surface area contributed by atoms with Crippen molar-refractivity contribution < 1.29 is 4.42 Å². The summed E-state index contributed by atoms with van der Waals surface area (Å²) in [5.41, 5.74) is 0.742. The number of hydrogen-bond acceptors (Lipinski definition) is 2. The first-order valence-electron chi connectivity index (χ1n) is 4.01. The number of nitrogens with zero attached hydrogens (tertiary/aromatic N) is 2. The molecule has 0 radical (unpaired) electrons. The average Bonchev–Trinajstić information content (AvgIpc) is 2.37. The molecule has 0 spiro atoms. The number of fused-ring (bicyclic) bond motifs is 1. The fourth-order valence-corrected chi connectivity index (χ4v) is 1.09. The maximum atomic E-state index is 5.16. The molecular formula is C9H12N2O. The van der Waals surface area contributed by atoms with Crippen molar-refractivity contribution >= 4 is 11.1 Å². The molecule has 2 rings (SSSR count). The van der Waals surface area contributed by atoms with Gasteiger partial charge in [0.05, 0.1) is 17.2 Å². The van der Waals surface area contributed by atoms with Crippen LogP contribution in [0.3, 0.4) is 0 Å². The summed E-state index contributed by atoms with van der Waals surface area (Å²) in [5, 5.41) is 5.35. The van der Waals surface area contributed by atoms with Crippen LogP contribution in [0.2, 0.25) is 0 Å². The molecule has 2 aromatic heterocycles. The molecule has 2 heterocycles. The van der Waals surface area contributed by atoms with Crippen molar-refractivity contribution in [1.82, 2.24) is 9.78 Å². The lowest BCUT2D eigenvalue weighted by molar-refractivity contribution is 0.353. The van der Waals surface area contributed by atoms with Gasteiger partial charge in [-0.3, -0.25) is 4.68 Å². The minimum absolute atomic E-state index is 0.0293. The molecule has 0 N–H and O–H groups in total. The lowest BCUT2D eigenvalue weighted by Crippen LogP contribution is -2.21. The van der Waals surface area contributed by atoms with E-state index in [1.807, 2.05) is 16.9 Å². The molecule has 12 heavy (non-hydrogen) atoms. The highest BCUT2D eigenvalue weighted by molar-refractivity contribution is 5.72. The van der Waals surface area contributed by atoms with Crippen molar-refractivity contribution in [2.75, 3.05) is 0 Å². The van der Waals surface area contributed by atoms with Gasteiger partial charge >= 0.3 is 0 Å². The molecule has 0 aliphatic rings. The van der Waals surface area contributed by atoms with E-state index < -0.39 is 0 Å². The zero-order valence-electron chi connectivity index (χ0n) is 7.53. The van der Waals surface area contributed by atoms with E-state index in [1.54, 1.807) is 6.26 Å². The number of furan rings is 1. The van der Waals surface area contributed by atoms with Crippen molar-refractivity contribution in [3.05, 3.63) is 18.5 Å². The zero-order valence-corrected chi connectivity index (χ0v) is 7.53. The molecule has 0 aliphatic heterocycles. The van der Waals surface area contributed by atoms with E-state index in [0.717, 1.165) is 5.39 Å². The summed E-state index contributed by atoms with van der Waals surface area (Å²) in [7, 11) is 0. The van der Waals surface area contributed by atoms with Crippen LogP contribution in [0.25, 0.3) is 11.1 Å². The second-order valence-electron chi connectivity index (χ2n) is 3.93. The largest absolute Gasteiger partial charge is 0.445 e. The summed E-state index contributed by atoms with van der Waals surface area (Å²) >= 11 is 0. The fraction of sp³-hybridized carbons (Fsp3) is 0.444. The first-order chi connectivity index (χ1) is 5.57. The Morgan fingerprint density at radius 1 is 1.42 bits per heavy atom. The lowest BCUT2D eigenvalue weighted by atomic mass is 10.1. The molecule has 2 aromatic rings. The molecule has 0 fully saturated rings. The van der Waals surface area contributed by atoms with E-state index in [2.05, 4.69) is 25.9 Å². The average molecular weight is 164 g/mol. The van der Waals surface area contributed by atoms with Crippen LogP contribution in [-0.4, -0.2) is 9.78 Å². The van der Waals surface area contributed by atoms with E-state index in [1.165, 1.54) is 0 Å². The van der Waals surface area contributed by atoms with Crippen LogP contribution in [0.4, 0.5) is 0 Å². The summed E-state index contributed by atoms with van der Waals surface area (Å²) < 4.78 is 7.08. The monoisotopic (exact) mass is 164 g/mol. The van der Waals surface area contributed by atoms with Gasteiger partial charge in [-0.1, -0.05) is 0 Å². The Bertz CT molecular complexity index is 363. The minimum Gasteiger partial charge on any atom is -0.445 e. The van der Waals surface area contributed by atoms with Gasteiger partial charge in [0.2, 0.25) is 5.71 Å². The predicted molar refractivity (Wildman–Crippen MR) is 47.0 cm³/mol. The predicted octanol–water partition coefficient (Wildman–Crippen LogP) is 2.38. The first kappa shape index (κ1) is 7.40. The van der Waals surface area contributed by atoms with Gasteiger partial charge in [-0.15, -0.1) is 5.10 Å². The number of rotatable bonds is 0. The Hall–Kier alpha value is -1.25. The van der Waals surface area contributed by atoms with E-state index >= 15 is 0 Å². The molecule has 64 valence electrons. The first-order valence-corrected chi connectivity index (χ1v) is 4.01. The highest BCUT2D eigenvalue weighted by Crippen LogP contribution is 2.18. The SMILES string of the molecule is CC(C)(C)n1cc2ccoc2n1. The van der Waals surface area contributed by atoms with Gasteiger partial charge < -0.3 is 4.42 Å². The van der Waals surface area contributed by atoms with Crippen molar-refractivity contribution in [2.24, 2.45) is 0 Å². The van der Waals surface area contributed by atoms with Gasteiger partial charge in [-0.25, -0.2) is 0 Å². The van der Waals surface area contributed by atoms with Crippen LogP contribution >= 0.6 is 0 Å². The van der Waals surface area contributed by atoms with Gasteiger partial charge in [0.1, 0.15) is 0 Å². The normalized spacial score (nSPS) is 12.6. The molecule has 0 amide bonds. The molecule has 3 nitrogen and oxygen atoms in total. The topological polar surface area (TPSA) is 31.0 Å². The van der Waals surface area contributed by atoms with Crippen LogP contribution in [0.15, 0.2) is 22.9 Å². The number of hydrogen-bond donors (Lipinski definition) is 0. The van der Waals surface area contributed by atoms with Crippen LogP contribution in [0, 0.1) is 0 Å². The van der Waals surface area contributed by atoms with Crippen molar-refractivity contribution in [2.45, 2.75) is 26.3 Å². The van der Waals surface area contributed by atoms with Gasteiger partial charge in [-0.2, -0.15) is 0 Å². The Labute approximate surface area is 71.0 Å². The summed E-state index contributed by atoms with van der Waals surface area (Å²) in [6.07, 6.45) is 3.66. The third-order valence-electron chi connectivity index (χ3n) is 1.82. The Kier molecular flexibility index (Phi) is 1.31. The molecule has 0 unspecified atom stereocenters. The van der Waals surface area contributed by atoms with Crippen LogP contribution < -0.4 is 0 Å². The third-order valence-corrected chi connectivity index (χ3v) is 1.82. The Morgan fingerprint density at radius 3 is 2.75 bits per heavy atom. The Balaban J connectivity index is 2.59. The molecule has 0 bridgehead atoms. The van der Waals surface area contributed by atoms with Crippen molar-refractivity contribution in [3.63, 3.8) is 0 Å². The zero-order chi connectivity index (χ0) is 8.77. The lowest BCUT2D eigenvalue weighted by Gasteiger charge is -2.18. The second kappa shape index (κ2) is 2.12. The Morgan fingerprint density at radius 2 is 2.17 bits per heavy atom.